The van der Waals surface area contributed by atoms with E-state index in [4.69, 9.17) is 16.6 Å². The molecule has 0 radical (unpaired) electrons. The predicted octanol–water partition coefficient (Wildman–Crippen LogP) is 1.25. The van der Waals surface area contributed by atoms with Crippen molar-refractivity contribution >= 4 is 11.7 Å². The third-order valence-electron chi connectivity index (χ3n) is 2.56. The van der Waals surface area contributed by atoms with Crippen LogP contribution in [0.5, 0.6) is 0 Å². The molecule has 0 saturated heterocycles. The van der Waals surface area contributed by atoms with Crippen molar-refractivity contribution in [2.45, 2.75) is 25.8 Å². The summed E-state index contributed by atoms with van der Waals surface area (Å²) in [7, 11) is 0. The molecule has 16 heavy (non-hydrogen) atoms. The van der Waals surface area contributed by atoms with E-state index in [-0.39, 0.29) is 6.04 Å². The summed E-state index contributed by atoms with van der Waals surface area (Å²) < 4.78 is 0. The number of benzene rings is 1. The molecule has 1 aromatic rings. The lowest BCUT2D eigenvalue weighted by molar-refractivity contribution is -0.141. The van der Waals surface area contributed by atoms with Gasteiger partial charge in [0.05, 0.1) is 5.92 Å². The van der Waals surface area contributed by atoms with Crippen LogP contribution in [0.25, 0.3) is 0 Å². The minimum atomic E-state index is -0.798. The van der Waals surface area contributed by atoms with Gasteiger partial charge in [-0.05, 0) is 30.5 Å². The number of hydrogen-bond acceptors (Lipinski definition) is 3. The minimum Gasteiger partial charge on any atom is -0.481 e. The Balaban J connectivity index is 2.48. The van der Waals surface area contributed by atoms with E-state index < -0.39 is 11.9 Å². The van der Waals surface area contributed by atoms with Gasteiger partial charge in [-0.1, -0.05) is 19.1 Å². The van der Waals surface area contributed by atoms with Crippen LogP contribution in [0.2, 0.25) is 0 Å². The number of carboxylic acid groups (broad SMARTS) is 1. The minimum absolute atomic E-state index is 0.130. The first-order valence-electron chi connectivity index (χ1n) is 5.32. The fraction of sp³-hybridized carbons (Fsp3) is 0.417. The predicted molar refractivity (Wildman–Crippen MR) is 64.0 cm³/mol. The molecule has 0 aliphatic rings. The van der Waals surface area contributed by atoms with E-state index in [2.05, 4.69) is 0 Å². The molecule has 0 saturated carbocycles. The lowest BCUT2D eigenvalue weighted by Crippen LogP contribution is -2.28. The van der Waals surface area contributed by atoms with Gasteiger partial charge in [-0.25, -0.2) is 0 Å². The van der Waals surface area contributed by atoms with Crippen molar-refractivity contribution in [3.8, 4) is 0 Å². The van der Waals surface area contributed by atoms with E-state index in [1.165, 1.54) is 0 Å². The third kappa shape index (κ3) is 3.90. The number of anilines is 1. The Labute approximate surface area is 95.3 Å². The first-order valence-corrected chi connectivity index (χ1v) is 5.32. The highest BCUT2D eigenvalue weighted by molar-refractivity contribution is 5.69. The van der Waals surface area contributed by atoms with Crippen LogP contribution in [-0.4, -0.2) is 17.1 Å². The Kier molecular flexibility index (Phi) is 4.31. The number of carboxylic acids is 1. The zero-order chi connectivity index (χ0) is 12.1. The van der Waals surface area contributed by atoms with Crippen molar-refractivity contribution in [3.63, 3.8) is 0 Å². The van der Waals surface area contributed by atoms with Crippen LogP contribution in [0.1, 0.15) is 18.9 Å². The maximum absolute atomic E-state index is 10.7. The fourth-order valence-corrected chi connectivity index (χ4v) is 1.59. The SMILES string of the molecule is CC(C[C@@H](N)Cc1ccc(N)cc1)C(=O)O. The molecule has 0 spiro atoms. The van der Waals surface area contributed by atoms with Crippen molar-refractivity contribution in [2.24, 2.45) is 11.7 Å². The molecule has 0 aliphatic carbocycles. The second-order valence-corrected chi connectivity index (χ2v) is 4.18. The van der Waals surface area contributed by atoms with Gasteiger partial charge in [-0.15, -0.1) is 0 Å². The highest BCUT2D eigenvalue weighted by atomic mass is 16.4. The summed E-state index contributed by atoms with van der Waals surface area (Å²) in [5, 5.41) is 8.76. The number of carbonyl (C=O) groups is 1. The molecular formula is C12H18N2O2. The number of aliphatic carboxylic acids is 1. The van der Waals surface area contributed by atoms with Crippen molar-refractivity contribution in [1.82, 2.24) is 0 Å². The second kappa shape index (κ2) is 5.51. The molecule has 4 heteroatoms. The molecule has 0 aromatic heterocycles. The Hall–Kier alpha value is -1.55. The first-order chi connectivity index (χ1) is 7.49. The molecule has 0 aliphatic heterocycles. The zero-order valence-corrected chi connectivity index (χ0v) is 9.39. The van der Waals surface area contributed by atoms with Crippen molar-refractivity contribution in [1.29, 1.82) is 0 Å². The first kappa shape index (κ1) is 12.5. The summed E-state index contributed by atoms with van der Waals surface area (Å²) in [6.07, 6.45) is 1.16. The Morgan fingerprint density at radius 2 is 1.94 bits per heavy atom. The molecule has 1 unspecified atom stereocenters. The summed E-state index contributed by atoms with van der Waals surface area (Å²) in [6.45, 7) is 1.67. The van der Waals surface area contributed by atoms with E-state index in [0.29, 0.717) is 12.8 Å². The van der Waals surface area contributed by atoms with Crippen LogP contribution < -0.4 is 11.5 Å². The van der Waals surface area contributed by atoms with Crippen LogP contribution >= 0.6 is 0 Å². The smallest absolute Gasteiger partial charge is 0.306 e. The second-order valence-electron chi connectivity index (χ2n) is 4.18. The lowest BCUT2D eigenvalue weighted by Gasteiger charge is -2.14. The maximum atomic E-state index is 10.7. The van der Waals surface area contributed by atoms with Crippen LogP contribution in [0.15, 0.2) is 24.3 Å². The van der Waals surface area contributed by atoms with E-state index in [0.717, 1.165) is 11.3 Å². The molecule has 1 aromatic carbocycles. The van der Waals surface area contributed by atoms with Gasteiger partial charge in [-0.2, -0.15) is 0 Å². The molecule has 4 nitrogen and oxygen atoms in total. The molecule has 5 N–H and O–H groups in total. The highest BCUT2D eigenvalue weighted by Gasteiger charge is 2.15. The number of nitrogens with two attached hydrogens (primary N) is 2. The highest BCUT2D eigenvalue weighted by Crippen LogP contribution is 2.11. The van der Waals surface area contributed by atoms with Gasteiger partial charge in [0.15, 0.2) is 0 Å². The zero-order valence-electron chi connectivity index (χ0n) is 9.39. The van der Waals surface area contributed by atoms with Crippen molar-refractivity contribution in [3.05, 3.63) is 29.8 Å². The number of nitrogen functional groups attached to an aromatic ring is 1. The van der Waals surface area contributed by atoms with Crippen LogP contribution in [0.3, 0.4) is 0 Å². The van der Waals surface area contributed by atoms with Gasteiger partial charge < -0.3 is 16.6 Å². The van der Waals surface area contributed by atoms with Gasteiger partial charge in [0.2, 0.25) is 0 Å². The summed E-state index contributed by atoms with van der Waals surface area (Å²) >= 11 is 0. The molecular weight excluding hydrogens is 204 g/mol. The standard InChI is InChI=1S/C12H18N2O2/c1-8(12(15)16)6-11(14)7-9-2-4-10(13)5-3-9/h2-5,8,11H,6-7,13-14H2,1H3,(H,15,16)/t8?,11-/m1/s1. The van der Waals surface area contributed by atoms with Crippen molar-refractivity contribution in [2.75, 3.05) is 5.73 Å². The summed E-state index contributed by atoms with van der Waals surface area (Å²) in [4.78, 5) is 10.7. The van der Waals surface area contributed by atoms with Gasteiger partial charge in [0, 0.05) is 11.7 Å². The van der Waals surface area contributed by atoms with E-state index in [1.54, 1.807) is 6.92 Å². The molecule has 0 heterocycles. The third-order valence-corrected chi connectivity index (χ3v) is 2.56. The number of hydrogen-bond donors (Lipinski definition) is 3. The Bertz CT molecular complexity index is 349. The molecule has 0 amide bonds. The van der Waals surface area contributed by atoms with Gasteiger partial charge in [-0.3, -0.25) is 4.79 Å². The Morgan fingerprint density at radius 3 is 2.44 bits per heavy atom. The molecule has 88 valence electrons. The quantitative estimate of drug-likeness (QED) is 0.654. The van der Waals surface area contributed by atoms with Crippen LogP contribution in [0.4, 0.5) is 5.69 Å². The van der Waals surface area contributed by atoms with Crippen molar-refractivity contribution < 1.29 is 9.90 Å². The van der Waals surface area contributed by atoms with Crippen LogP contribution in [0, 0.1) is 5.92 Å². The van der Waals surface area contributed by atoms with E-state index >= 15 is 0 Å². The molecule has 1 rings (SSSR count). The van der Waals surface area contributed by atoms with E-state index in [9.17, 15) is 4.79 Å². The average Bonchev–Trinajstić information content (AvgIpc) is 2.21. The molecule has 0 bridgehead atoms. The van der Waals surface area contributed by atoms with Gasteiger partial charge in [0.25, 0.3) is 0 Å². The Morgan fingerprint density at radius 1 is 1.38 bits per heavy atom. The van der Waals surface area contributed by atoms with Gasteiger partial charge >= 0.3 is 5.97 Å². The number of rotatable bonds is 5. The lowest BCUT2D eigenvalue weighted by atomic mass is 9.97. The topological polar surface area (TPSA) is 89.3 Å². The maximum Gasteiger partial charge on any atom is 0.306 e. The molecule has 2 atom stereocenters. The van der Waals surface area contributed by atoms with Crippen LogP contribution in [-0.2, 0) is 11.2 Å². The monoisotopic (exact) mass is 222 g/mol. The fourth-order valence-electron chi connectivity index (χ4n) is 1.59. The summed E-state index contributed by atoms with van der Waals surface area (Å²) in [5.74, 6) is -1.20. The summed E-state index contributed by atoms with van der Waals surface area (Å²) in [6, 6.07) is 7.35. The van der Waals surface area contributed by atoms with Gasteiger partial charge in [0.1, 0.15) is 0 Å². The summed E-state index contributed by atoms with van der Waals surface area (Å²) in [5.41, 5.74) is 13.3. The molecule has 0 fully saturated rings. The van der Waals surface area contributed by atoms with E-state index in [1.807, 2.05) is 24.3 Å². The largest absolute Gasteiger partial charge is 0.481 e. The normalized spacial score (nSPS) is 14.4. The average molecular weight is 222 g/mol.